The molecule has 6 nitrogen and oxygen atoms in total. The summed E-state index contributed by atoms with van der Waals surface area (Å²) in [5, 5.41) is 2.50. The summed E-state index contributed by atoms with van der Waals surface area (Å²) in [6, 6.07) is 12.4. The second-order valence-corrected chi connectivity index (χ2v) is 10.9. The topological polar surface area (TPSA) is 73.8 Å². The van der Waals surface area contributed by atoms with Crippen LogP contribution in [-0.4, -0.2) is 17.1 Å². The van der Waals surface area contributed by atoms with E-state index in [9.17, 15) is 9.59 Å². The van der Waals surface area contributed by atoms with E-state index in [0.29, 0.717) is 37.1 Å². The highest BCUT2D eigenvalue weighted by Gasteiger charge is 2.33. The van der Waals surface area contributed by atoms with Gasteiger partial charge in [-0.25, -0.2) is 9.79 Å². The molecule has 0 saturated carbocycles. The fourth-order valence-electron chi connectivity index (χ4n) is 3.87. The first-order valence-electron chi connectivity index (χ1n) is 10.7. The second-order valence-electron chi connectivity index (χ2n) is 7.65. The van der Waals surface area contributed by atoms with Crippen LogP contribution in [0.1, 0.15) is 30.5 Å². The smallest absolute Gasteiger partial charge is 0.338 e. The summed E-state index contributed by atoms with van der Waals surface area (Å²) in [6.45, 7) is 3.76. The van der Waals surface area contributed by atoms with Crippen molar-refractivity contribution in [1.29, 1.82) is 0 Å². The largest absolute Gasteiger partial charge is 0.463 e. The van der Waals surface area contributed by atoms with E-state index in [1.165, 1.54) is 22.7 Å². The number of hydrogen-bond acceptors (Lipinski definition) is 7. The number of carbonyl (C=O) groups is 1. The van der Waals surface area contributed by atoms with Crippen LogP contribution in [-0.2, 0) is 9.53 Å². The molecule has 10 heteroatoms. The molecule has 5 rings (SSSR count). The standard InChI is InChI=1S/C25H18BrClN2O4S2/c1-3-32-24(31)21-13(2)28-25-29(22(21)19-5-4-10-34-19)23(30)20(35-25)12-15-7-9-18(33-15)14-6-8-16(26)17(27)11-14/h4-12,22H,3H2,1-2H3/b20-12-/t22-/m0/s1. The molecule has 1 aliphatic rings. The summed E-state index contributed by atoms with van der Waals surface area (Å²) in [6.07, 6.45) is 1.70. The van der Waals surface area contributed by atoms with E-state index in [2.05, 4.69) is 20.9 Å². The highest BCUT2D eigenvalue weighted by atomic mass is 79.9. The van der Waals surface area contributed by atoms with Gasteiger partial charge in [0.05, 0.1) is 27.4 Å². The lowest BCUT2D eigenvalue weighted by Gasteiger charge is -2.23. The molecule has 0 bridgehead atoms. The van der Waals surface area contributed by atoms with E-state index >= 15 is 0 Å². The van der Waals surface area contributed by atoms with Gasteiger partial charge in [-0.1, -0.05) is 35.1 Å². The average Bonchev–Trinajstić information content (AvgIpc) is 3.57. The van der Waals surface area contributed by atoms with Crippen molar-refractivity contribution in [2.45, 2.75) is 19.9 Å². The molecule has 4 heterocycles. The van der Waals surface area contributed by atoms with Crippen LogP contribution in [0.3, 0.4) is 0 Å². The van der Waals surface area contributed by atoms with Crippen molar-refractivity contribution in [3.05, 3.63) is 98.9 Å². The Morgan fingerprint density at radius 2 is 2.14 bits per heavy atom. The van der Waals surface area contributed by atoms with E-state index in [1.807, 2.05) is 41.8 Å². The third-order valence-corrected chi connectivity index (χ3v) is 8.57. The number of halogens is 2. The summed E-state index contributed by atoms with van der Waals surface area (Å²) < 4.78 is 14.1. The fourth-order valence-corrected chi connectivity index (χ4v) is 6.15. The number of rotatable bonds is 5. The van der Waals surface area contributed by atoms with Crippen LogP contribution in [0, 0.1) is 0 Å². The van der Waals surface area contributed by atoms with Gasteiger partial charge < -0.3 is 9.15 Å². The number of benzene rings is 1. The third-order valence-electron chi connectivity index (χ3n) is 5.43. The molecule has 3 aromatic heterocycles. The van der Waals surface area contributed by atoms with Gasteiger partial charge in [-0.3, -0.25) is 9.36 Å². The van der Waals surface area contributed by atoms with Crippen LogP contribution < -0.4 is 14.9 Å². The minimum atomic E-state index is -0.593. The van der Waals surface area contributed by atoms with Crippen LogP contribution in [0.4, 0.5) is 0 Å². The molecule has 0 N–H and O–H groups in total. The molecule has 0 spiro atoms. The molecule has 0 fully saturated rings. The lowest BCUT2D eigenvalue weighted by molar-refractivity contribution is -0.139. The molecule has 178 valence electrons. The first-order valence-corrected chi connectivity index (χ1v) is 13.5. The van der Waals surface area contributed by atoms with Crippen molar-refractivity contribution in [3.63, 3.8) is 0 Å². The Morgan fingerprint density at radius 3 is 2.86 bits per heavy atom. The van der Waals surface area contributed by atoms with Crippen molar-refractivity contribution in [1.82, 2.24) is 4.57 Å². The van der Waals surface area contributed by atoms with E-state index in [1.54, 1.807) is 30.6 Å². The van der Waals surface area contributed by atoms with Crippen molar-refractivity contribution in [2.75, 3.05) is 6.61 Å². The Labute approximate surface area is 221 Å². The molecule has 0 radical (unpaired) electrons. The Balaban J connectivity index is 1.61. The lowest BCUT2D eigenvalue weighted by atomic mass is 10.0. The number of nitrogens with zero attached hydrogens (tertiary/aromatic N) is 2. The number of thiazole rings is 1. The highest BCUT2D eigenvalue weighted by molar-refractivity contribution is 9.10. The maximum atomic E-state index is 13.6. The SMILES string of the molecule is CCOC(=O)C1=C(C)N=c2s/c(=C\c3ccc(-c4ccc(Br)c(Cl)c4)o3)c(=O)n2[C@H]1c1cccs1. The first kappa shape index (κ1) is 24.0. The lowest BCUT2D eigenvalue weighted by Crippen LogP contribution is -2.39. The van der Waals surface area contributed by atoms with Gasteiger partial charge in [0.25, 0.3) is 5.56 Å². The zero-order chi connectivity index (χ0) is 24.7. The molecule has 0 amide bonds. The van der Waals surface area contributed by atoms with Crippen LogP contribution in [0.5, 0.6) is 0 Å². The number of carbonyl (C=O) groups excluding carboxylic acids is 1. The summed E-state index contributed by atoms with van der Waals surface area (Å²) in [5.41, 5.74) is 1.50. The van der Waals surface area contributed by atoms with Gasteiger partial charge in [0.15, 0.2) is 4.80 Å². The van der Waals surface area contributed by atoms with Crippen LogP contribution in [0.25, 0.3) is 17.4 Å². The number of allylic oxidation sites excluding steroid dienone is 1. The van der Waals surface area contributed by atoms with Crippen LogP contribution in [0.15, 0.2) is 77.8 Å². The van der Waals surface area contributed by atoms with Crippen molar-refractivity contribution < 1.29 is 13.9 Å². The van der Waals surface area contributed by atoms with Crippen LogP contribution in [0.2, 0.25) is 5.02 Å². The second kappa shape index (κ2) is 9.73. The molecule has 0 unspecified atom stereocenters. The minimum Gasteiger partial charge on any atom is -0.463 e. The fraction of sp³-hybridized carbons (Fsp3) is 0.160. The molecule has 1 atom stereocenters. The molecular weight excluding hydrogens is 572 g/mol. The first-order chi connectivity index (χ1) is 16.9. The maximum absolute atomic E-state index is 13.6. The Kier molecular flexibility index (Phi) is 6.67. The third kappa shape index (κ3) is 4.49. The van der Waals surface area contributed by atoms with Crippen LogP contribution >= 0.6 is 50.2 Å². The number of ether oxygens (including phenoxy) is 1. The van der Waals surface area contributed by atoms with Gasteiger partial charge in [0.1, 0.15) is 17.6 Å². The van der Waals surface area contributed by atoms with Gasteiger partial charge in [-0.05, 0) is 65.5 Å². The quantitative estimate of drug-likeness (QED) is 0.287. The van der Waals surface area contributed by atoms with Crippen molar-refractivity contribution >= 4 is 62.2 Å². The number of esters is 1. The number of aromatic nitrogens is 1. The summed E-state index contributed by atoms with van der Waals surface area (Å²) >= 11 is 12.3. The van der Waals surface area contributed by atoms with E-state index in [4.69, 9.17) is 20.8 Å². The average molecular weight is 590 g/mol. The number of fused-ring (bicyclic) bond motifs is 1. The number of hydrogen-bond donors (Lipinski definition) is 0. The van der Waals surface area contributed by atoms with E-state index < -0.39 is 12.0 Å². The predicted molar refractivity (Wildman–Crippen MR) is 142 cm³/mol. The molecule has 0 saturated heterocycles. The molecule has 0 aliphatic carbocycles. The van der Waals surface area contributed by atoms with Gasteiger partial charge >= 0.3 is 5.97 Å². The van der Waals surface area contributed by atoms with Gasteiger partial charge in [-0.2, -0.15) is 0 Å². The molecule has 1 aliphatic heterocycles. The molecule has 35 heavy (non-hydrogen) atoms. The zero-order valence-electron chi connectivity index (χ0n) is 18.6. The highest BCUT2D eigenvalue weighted by Crippen LogP contribution is 2.33. The van der Waals surface area contributed by atoms with Crippen molar-refractivity contribution in [2.24, 2.45) is 4.99 Å². The summed E-state index contributed by atoms with van der Waals surface area (Å²) in [4.78, 5) is 32.4. The van der Waals surface area contributed by atoms with Gasteiger partial charge in [0, 0.05) is 21.0 Å². The normalized spacial score (nSPS) is 15.8. The Hall–Kier alpha value is -2.72. The van der Waals surface area contributed by atoms with Gasteiger partial charge in [0.2, 0.25) is 0 Å². The predicted octanol–water partition coefficient (Wildman–Crippen LogP) is 5.54. The summed E-state index contributed by atoms with van der Waals surface area (Å²) in [5.74, 6) is 0.693. The molecule has 4 aromatic rings. The minimum absolute atomic E-state index is 0.238. The van der Waals surface area contributed by atoms with Gasteiger partial charge in [-0.15, -0.1) is 11.3 Å². The zero-order valence-corrected chi connectivity index (χ0v) is 22.6. The summed E-state index contributed by atoms with van der Waals surface area (Å²) in [7, 11) is 0. The number of furan rings is 1. The van der Waals surface area contributed by atoms with E-state index in [0.717, 1.165) is 14.9 Å². The van der Waals surface area contributed by atoms with E-state index in [-0.39, 0.29) is 12.2 Å². The number of thiophene rings is 1. The monoisotopic (exact) mass is 588 g/mol. The molecule has 1 aromatic carbocycles. The Bertz CT molecular complexity index is 1650. The molecular formula is C25H18BrClN2O4S2. The Morgan fingerprint density at radius 1 is 1.31 bits per heavy atom. The van der Waals surface area contributed by atoms with Crippen molar-refractivity contribution in [3.8, 4) is 11.3 Å². The maximum Gasteiger partial charge on any atom is 0.338 e.